The van der Waals surface area contributed by atoms with Gasteiger partial charge in [-0.25, -0.2) is 0 Å². The number of amides is 1. The number of hydrogen-bond donors (Lipinski definition) is 2. The van der Waals surface area contributed by atoms with Crippen LogP contribution < -0.4 is 11.1 Å². The number of nitrogens with two attached hydrogens (primary N) is 1. The first-order valence-electron chi connectivity index (χ1n) is 7.12. The zero-order valence-electron chi connectivity index (χ0n) is 12.1. The molecule has 116 valence electrons. The van der Waals surface area contributed by atoms with Crippen LogP contribution in [0.15, 0.2) is 18.2 Å². The molecule has 6 heteroatoms. The summed E-state index contributed by atoms with van der Waals surface area (Å²) in [6.45, 7) is 2.23. The van der Waals surface area contributed by atoms with Crippen molar-refractivity contribution in [3.8, 4) is 0 Å². The Morgan fingerprint density at radius 2 is 2.18 bits per heavy atom. The summed E-state index contributed by atoms with van der Waals surface area (Å²) in [7, 11) is 0. The van der Waals surface area contributed by atoms with E-state index in [4.69, 9.17) is 28.9 Å². The molecule has 3 N–H and O–H groups in total. The summed E-state index contributed by atoms with van der Waals surface area (Å²) in [5, 5.41) is 4.38. The van der Waals surface area contributed by atoms with Crippen molar-refractivity contribution in [1.29, 1.82) is 0 Å². The second kappa shape index (κ2) is 6.11. The maximum atomic E-state index is 12.6. The van der Waals surface area contributed by atoms with Crippen LogP contribution in [-0.2, 0) is 12.8 Å². The fourth-order valence-corrected chi connectivity index (χ4v) is 4.41. The van der Waals surface area contributed by atoms with Gasteiger partial charge in [-0.2, -0.15) is 0 Å². The van der Waals surface area contributed by atoms with Crippen molar-refractivity contribution < 1.29 is 4.79 Å². The Morgan fingerprint density at radius 1 is 1.41 bits per heavy atom. The van der Waals surface area contributed by atoms with Gasteiger partial charge in [0.25, 0.3) is 5.91 Å². The van der Waals surface area contributed by atoms with Gasteiger partial charge < -0.3 is 11.1 Å². The number of hydrogen-bond acceptors (Lipinski definition) is 3. The molecular weight excluding hydrogens is 339 g/mol. The molecule has 1 aromatic heterocycles. The number of carbonyl (C=O) groups is 1. The fraction of sp³-hybridized carbons (Fsp3) is 0.312. The van der Waals surface area contributed by atoms with Crippen LogP contribution in [0.5, 0.6) is 0 Å². The van der Waals surface area contributed by atoms with Crippen LogP contribution in [-0.4, -0.2) is 5.91 Å². The second-order valence-electron chi connectivity index (χ2n) is 5.67. The molecule has 0 radical (unpaired) electrons. The highest BCUT2D eigenvalue weighted by Gasteiger charge is 2.26. The summed E-state index contributed by atoms with van der Waals surface area (Å²) in [6, 6.07) is 4.98. The summed E-state index contributed by atoms with van der Waals surface area (Å²) >= 11 is 13.6. The molecule has 0 saturated heterocycles. The first-order chi connectivity index (χ1) is 10.5. The SMILES string of the molecule is CC1CCc2c(sc(N)c2C(=O)Nc2cc(Cl)ccc2Cl)C1. The number of rotatable bonds is 2. The van der Waals surface area contributed by atoms with Crippen LogP contribution in [0.2, 0.25) is 10.0 Å². The molecule has 1 amide bonds. The molecule has 1 aliphatic rings. The van der Waals surface area contributed by atoms with Crippen LogP contribution in [0.3, 0.4) is 0 Å². The first-order valence-corrected chi connectivity index (χ1v) is 8.69. The summed E-state index contributed by atoms with van der Waals surface area (Å²) in [5.41, 5.74) is 8.28. The van der Waals surface area contributed by atoms with E-state index >= 15 is 0 Å². The van der Waals surface area contributed by atoms with Crippen molar-refractivity contribution in [1.82, 2.24) is 0 Å². The third kappa shape index (κ3) is 2.96. The lowest BCUT2D eigenvalue weighted by Crippen LogP contribution is -2.17. The van der Waals surface area contributed by atoms with E-state index in [-0.39, 0.29) is 5.91 Å². The van der Waals surface area contributed by atoms with Gasteiger partial charge in [0.05, 0.1) is 21.3 Å². The second-order valence-corrected chi connectivity index (χ2v) is 7.65. The van der Waals surface area contributed by atoms with Crippen LogP contribution in [0.4, 0.5) is 10.7 Å². The van der Waals surface area contributed by atoms with E-state index in [1.165, 1.54) is 16.2 Å². The molecule has 0 fully saturated rings. The van der Waals surface area contributed by atoms with Gasteiger partial charge in [-0.3, -0.25) is 4.79 Å². The molecule has 0 spiro atoms. The van der Waals surface area contributed by atoms with Gasteiger partial charge in [0.2, 0.25) is 0 Å². The Balaban J connectivity index is 1.91. The summed E-state index contributed by atoms with van der Waals surface area (Å²) in [4.78, 5) is 13.9. The van der Waals surface area contributed by atoms with E-state index in [0.717, 1.165) is 24.8 Å². The minimum Gasteiger partial charge on any atom is -0.390 e. The number of nitrogens with one attached hydrogen (secondary N) is 1. The lowest BCUT2D eigenvalue weighted by Gasteiger charge is -2.18. The Labute approximate surface area is 143 Å². The number of anilines is 2. The lowest BCUT2D eigenvalue weighted by atomic mass is 9.88. The van der Waals surface area contributed by atoms with Crippen molar-refractivity contribution in [2.75, 3.05) is 11.1 Å². The Kier molecular flexibility index (Phi) is 4.35. The van der Waals surface area contributed by atoms with E-state index in [0.29, 0.717) is 32.2 Å². The van der Waals surface area contributed by atoms with Gasteiger partial charge in [-0.05, 0) is 48.9 Å². The number of fused-ring (bicyclic) bond motifs is 1. The molecule has 3 rings (SSSR count). The number of halogens is 2. The number of thiophene rings is 1. The topological polar surface area (TPSA) is 55.1 Å². The number of carbonyl (C=O) groups excluding carboxylic acids is 1. The molecule has 2 aromatic rings. The molecule has 22 heavy (non-hydrogen) atoms. The summed E-state index contributed by atoms with van der Waals surface area (Å²) in [6.07, 6.45) is 2.98. The molecule has 3 nitrogen and oxygen atoms in total. The summed E-state index contributed by atoms with van der Waals surface area (Å²) < 4.78 is 0. The lowest BCUT2D eigenvalue weighted by molar-refractivity contribution is 0.102. The smallest absolute Gasteiger partial charge is 0.258 e. The molecule has 1 atom stereocenters. The highest BCUT2D eigenvalue weighted by molar-refractivity contribution is 7.16. The van der Waals surface area contributed by atoms with E-state index in [1.54, 1.807) is 18.2 Å². The van der Waals surface area contributed by atoms with Gasteiger partial charge in [0.15, 0.2) is 0 Å². The van der Waals surface area contributed by atoms with Crippen LogP contribution in [0.25, 0.3) is 0 Å². The van der Waals surface area contributed by atoms with Gasteiger partial charge in [-0.1, -0.05) is 30.1 Å². The average molecular weight is 355 g/mol. The molecule has 1 aliphatic carbocycles. The number of benzene rings is 1. The normalized spacial score (nSPS) is 17.1. The minimum absolute atomic E-state index is 0.214. The standard InChI is InChI=1S/C16H16Cl2N2OS/c1-8-2-4-10-13(6-8)22-15(19)14(10)16(21)20-12-7-9(17)3-5-11(12)18/h3,5,7-8H,2,4,6,19H2,1H3,(H,20,21). The van der Waals surface area contributed by atoms with Gasteiger partial charge in [0, 0.05) is 9.90 Å². The van der Waals surface area contributed by atoms with Crippen LogP contribution in [0, 0.1) is 5.92 Å². The van der Waals surface area contributed by atoms with Gasteiger partial charge in [-0.15, -0.1) is 11.3 Å². The maximum absolute atomic E-state index is 12.6. The Morgan fingerprint density at radius 3 is 2.95 bits per heavy atom. The van der Waals surface area contributed by atoms with E-state index in [2.05, 4.69) is 12.2 Å². The molecule has 0 saturated carbocycles. The predicted molar refractivity (Wildman–Crippen MR) is 94.3 cm³/mol. The molecule has 1 aromatic carbocycles. The zero-order valence-corrected chi connectivity index (χ0v) is 14.4. The highest BCUT2D eigenvalue weighted by Crippen LogP contribution is 2.38. The fourth-order valence-electron chi connectivity index (χ4n) is 2.80. The summed E-state index contributed by atoms with van der Waals surface area (Å²) in [5.74, 6) is 0.428. The van der Waals surface area contributed by atoms with Crippen molar-refractivity contribution in [3.05, 3.63) is 44.2 Å². The van der Waals surface area contributed by atoms with Crippen LogP contribution in [0.1, 0.15) is 34.1 Å². The maximum Gasteiger partial charge on any atom is 0.258 e. The van der Waals surface area contributed by atoms with Crippen LogP contribution >= 0.6 is 34.5 Å². The zero-order chi connectivity index (χ0) is 15.9. The monoisotopic (exact) mass is 354 g/mol. The molecule has 0 aliphatic heterocycles. The Hall–Kier alpha value is -1.23. The molecule has 0 bridgehead atoms. The van der Waals surface area contributed by atoms with Crippen molar-refractivity contribution in [2.45, 2.75) is 26.2 Å². The number of nitrogen functional groups attached to an aromatic ring is 1. The van der Waals surface area contributed by atoms with E-state index in [1.807, 2.05) is 0 Å². The Bertz CT molecular complexity index is 742. The van der Waals surface area contributed by atoms with Crippen molar-refractivity contribution in [3.63, 3.8) is 0 Å². The minimum atomic E-state index is -0.214. The third-order valence-corrected chi connectivity index (χ3v) is 5.59. The quantitative estimate of drug-likeness (QED) is 0.795. The molecular formula is C16H16Cl2N2OS. The average Bonchev–Trinajstić information content (AvgIpc) is 2.77. The first kappa shape index (κ1) is 15.7. The molecule has 1 unspecified atom stereocenters. The van der Waals surface area contributed by atoms with Gasteiger partial charge in [0.1, 0.15) is 0 Å². The van der Waals surface area contributed by atoms with Crippen molar-refractivity contribution >= 4 is 51.1 Å². The van der Waals surface area contributed by atoms with E-state index < -0.39 is 0 Å². The highest BCUT2D eigenvalue weighted by atomic mass is 35.5. The van der Waals surface area contributed by atoms with Gasteiger partial charge >= 0.3 is 0 Å². The van der Waals surface area contributed by atoms with Crippen molar-refractivity contribution in [2.24, 2.45) is 5.92 Å². The molecule has 1 heterocycles. The largest absolute Gasteiger partial charge is 0.390 e. The predicted octanol–water partition coefficient (Wildman–Crippen LogP) is 5.01. The van der Waals surface area contributed by atoms with E-state index in [9.17, 15) is 4.79 Å². The third-order valence-electron chi connectivity index (χ3n) is 3.94.